The van der Waals surface area contributed by atoms with Crippen LogP contribution in [0.2, 0.25) is 0 Å². The van der Waals surface area contributed by atoms with Crippen molar-refractivity contribution in [2.75, 3.05) is 0 Å². The Morgan fingerprint density at radius 3 is 2.50 bits per heavy atom. The summed E-state index contributed by atoms with van der Waals surface area (Å²) >= 11 is 1.57. The summed E-state index contributed by atoms with van der Waals surface area (Å²) in [6.45, 7) is 2.04. The van der Waals surface area contributed by atoms with E-state index in [-0.39, 0.29) is 6.42 Å². The standard InChI is InChI=1S/C21H17F2N5OS/c1-3-18-20(27-21(30-18)12-8-26-28(2)11-12)16-10-24-13(9-25-16)7-17(29)19-14(22)5-4-6-15(19)23/h4-6,8-11H,3,7H2,1-2H3. The van der Waals surface area contributed by atoms with Crippen molar-refractivity contribution in [2.24, 2.45) is 7.05 Å². The van der Waals surface area contributed by atoms with E-state index in [1.165, 1.54) is 18.5 Å². The molecule has 0 unspecified atom stereocenters. The third-order valence-electron chi connectivity index (χ3n) is 4.50. The van der Waals surface area contributed by atoms with Crippen LogP contribution in [-0.2, 0) is 19.9 Å². The molecule has 30 heavy (non-hydrogen) atoms. The van der Waals surface area contributed by atoms with Crippen LogP contribution in [0.5, 0.6) is 0 Å². The minimum Gasteiger partial charge on any atom is -0.294 e. The molecule has 0 aliphatic carbocycles. The predicted octanol–water partition coefficient (Wildman–Crippen LogP) is 4.27. The fraction of sp³-hybridized carbons (Fsp3) is 0.190. The Hall–Kier alpha value is -3.33. The summed E-state index contributed by atoms with van der Waals surface area (Å²) in [6, 6.07) is 3.33. The van der Waals surface area contributed by atoms with Crippen LogP contribution in [0, 0.1) is 11.6 Å². The van der Waals surface area contributed by atoms with E-state index in [1.54, 1.807) is 22.2 Å². The van der Waals surface area contributed by atoms with Crippen molar-refractivity contribution >= 4 is 17.1 Å². The van der Waals surface area contributed by atoms with E-state index in [0.717, 1.165) is 39.7 Å². The molecule has 0 aliphatic rings. The molecule has 0 aliphatic heterocycles. The van der Waals surface area contributed by atoms with E-state index in [1.807, 2.05) is 20.2 Å². The molecule has 6 nitrogen and oxygen atoms in total. The number of carbonyl (C=O) groups is 1. The molecule has 4 rings (SSSR count). The van der Waals surface area contributed by atoms with Gasteiger partial charge in [-0.05, 0) is 18.6 Å². The zero-order valence-electron chi connectivity index (χ0n) is 16.3. The van der Waals surface area contributed by atoms with Gasteiger partial charge in [-0.3, -0.25) is 19.4 Å². The van der Waals surface area contributed by atoms with Gasteiger partial charge in [-0.15, -0.1) is 11.3 Å². The molecule has 0 radical (unpaired) electrons. The molecule has 0 atom stereocenters. The minimum atomic E-state index is -0.887. The minimum absolute atomic E-state index is 0.246. The maximum Gasteiger partial charge on any atom is 0.174 e. The molecule has 9 heteroatoms. The largest absolute Gasteiger partial charge is 0.294 e. The number of aromatic nitrogens is 5. The Labute approximate surface area is 175 Å². The predicted molar refractivity (Wildman–Crippen MR) is 109 cm³/mol. The van der Waals surface area contributed by atoms with Crippen molar-refractivity contribution in [1.82, 2.24) is 24.7 Å². The highest BCUT2D eigenvalue weighted by molar-refractivity contribution is 7.15. The normalized spacial score (nSPS) is 11.1. The van der Waals surface area contributed by atoms with E-state index >= 15 is 0 Å². The van der Waals surface area contributed by atoms with Crippen LogP contribution in [0.15, 0.2) is 43.0 Å². The van der Waals surface area contributed by atoms with E-state index in [9.17, 15) is 13.6 Å². The molecule has 4 aromatic rings. The third-order valence-corrected chi connectivity index (χ3v) is 5.75. The molecule has 3 heterocycles. The van der Waals surface area contributed by atoms with Crippen LogP contribution in [0.4, 0.5) is 8.78 Å². The van der Waals surface area contributed by atoms with E-state index < -0.39 is 23.0 Å². The van der Waals surface area contributed by atoms with Gasteiger partial charge >= 0.3 is 0 Å². The van der Waals surface area contributed by atoms with Crippen molar-refractivity contribution < 1.29 is 13.6 Å². The van der Waals surface area contributed by atoms with Crippen LogP contribution < -0.4 is 0 Å². The average molecular weight is 425 g/mol. The number of thiazole rings is 1. The van der Waals surface area contributed by atoms with Crippen molar-refractivity contribution in [2.45, 2.75) is 19.8 Å². The molecular formula is C21H17F2N5OS. The monoisotopic (exact) mass is 425 g/mol. The van der Waals surface area contributed by atoms with E-state index in [0.29, 0.717) is 11.4 Å². The summed E-state index contributed by atoms with van der Waals surface area (Å²) in [5, 5.41) is 5.02. The van der Waals surface area contributed by atoms with Crippen LogP contribution in [0.25, 0.3) is 22.0 Å². The number of halogens is 2. The summed E-state index contributed by atoms with van der Waals surface area (Å²) in [5.41, 5.74) is 1.99. The van der Waals surface area contributed by atoms with Gasteiger partial charge in [0.15, 0.2) is 5.78 Å². The van der Waals surface area contributed by atoms with Gasteiger partial charge in [0.05, 0.1) is 30.1 Å². The smallest absolute Gasteiger partial charge is 0.174 e. The molecular weight excluding hydrogens is 408 g/mol. The van der Waals surface area contributed by atoms with Gasteiger partial charge in [0.1, 0.15) is 28.0 Å². The number of nitrogens with zero attached hydrogens (tertiary/aromatic N) is 5. The van der Waals surface area contributed by atoms with Gasteiger partial charge in [0, 0.05) is 29.9 Å². The lowest BCUT2D eigenvalue weighted by molar-refractivity contribution is 0.0983. The molecule has 0 fully saturated rings. The molecule has 0 bridgehead atoms. The highest BCUT2D eigenvalue weighted by Crippen LogP contribution is 2.33. The molecule has 1 aromatic carbocycles. The van der Waals surface area contributed by atoms with Crippen molar-refractivity contribution in [3.05, 3.63) is 70.8 Å². The molecule has 0 amide bonds. The average Bonchev–Trinajstić information content (AvgIpc) is 3.34. The lowest BCUT2D eigenvalue weighted by Crippen LogP contribution is -2.10. The lowest BCUT2D eigenvalue weighted by atomic mass is 10.1. The number of aryl methyl sites for hydroxylation is 2. The zero-order chi connectivity index (χ0) is 21.3. The summed E-state index contributed by atoms with van der Waals surface area (Å²) in [7, 11) is 1.84. The Morgan fingerprint density at radius 2 is 1.90 bits per heavy atom. The molecule has 152 valence electrons. The summed E-state index contributed by atoms with van der Waals surface area (Å²) in [4.78, 5) is 26.7. The topological polar surface area (TPSA) is 73.6 Å². The fourth-order valence-electron chi connectivity index (χ4n) is 3.03. The van der Waals surface area contributed by atoms with Crippen LogP contribution in [0.1, 0.15) is 27.9 Å². The Balaban J connectivity index is 1.58. The summed E-state index contributed by atoms with van der Waals surface area (Å²) in [5.74, 6) is -2.46. The Kier molecular flexibility index (Phi) is 5.45. The van der Waals surface area contributed by atoms with Gasteiger partial charge < -0.3 is 0 Å². The van der Waals surface area contributed by atoms with Crippen LogP contribution in [-0.4, -0.2) is 30.5 Å². The molecule has 0 N–H and O–H groups in total. The second kappa shape index (κ2) is 8.19. The Bertz CT molecular complexity index is 1200. The van der Waals surface area contributed by atoms with E-state index in [2.05, 4.69) is 15.1 Å². The number of Topliss-reactive ketones (excluding diaryl/α,β-unsaturated/α-hetero) is 1. The van der Waals surface area contributed by atoms with Crippen molar-refractivity contribution in [3.63, 3.8) is 0 Å². The quantitative estimate of drug-likeness (QED) is 0.432. The highest BCUT2D eigenvalue weighted by atomic mass is 32.1. The maximum absolute atomic E-state index is 13.8. The molecule has 0 saturated carbocycles. The SMILES string of the molecule is CCc1sc(-c2cnn(C)c2)nc1-c1cnc(CC(=O)c2c(F)cccc2F)cn1. The highest BCUT2D eigenvalue weighted by Gasteiger charge is 2.19. The first kappa shape index (κ1) is 20.0. The van der Waals surface area contributed by atoms with Gasteiger partial charge in [-0.2, -0.15) is 5.10 Å². The number of hydrogen-bond acceptors (Lipinski definition) is 6. The fourth-order valence-corrected chi connectivity index (χ4v) is 4.02. The van der Waals surface area contributed by atoms with Crippen LogP contribution in [0.3, 0.4) is 0 Å². The number of hydrogen-bond donors (Lipinski definition) is 0. The Morgan fingerprint density at radius 1 is 1.13 bits per heavy atom. The first-order valence-corrected chi connectivity index (χ1v) is 10.0. The molecule has 3 aromatic heterocycles. The maximum atomic E-state index is 13.8. The van der Waals surface area contributed by atoms with Crippen molar-refractivity contribution in [3.8, 4) is 22.0 Å². The van der Waals surface area contributed by atoms with E-state index in [4.69, 9.17) is 4.98 Å². The van der Waals surface area contributed by atoms with Gasteiger partial charge in [0.25, 0.3) is 0 Å². The third kappa shape index (κ3) is 3.88. The number of benzene rings is 1. The first-order chi connectivity index (χ1) is 14.5. The zero-order valence-corrected chi connectivity index (χ0v) is 17.1. The van der Waals surface area contributed by atoms with Gasteiger partial charge in [-0.1, -0.05) is 13.0 Å². The molecule has 0 spiro atoms. The van der Waals surface area contributed by atoms with Crippen molar-refractivity contribution in [1.29, 1.82) is 0 Å². The summed E-state index contributed by atoms with van der Waals surface area (Å²) in [6.07, 6.45) is 7.15. The number of carbonyl (C=O) groups excluding carboxylic acids is 1. The summed E-state index contributed by atoms with van der Waals surface area (Å²) < 4.78 is 29.3. The number of ketones is 1. The molecule has 0 saturated heterocycles. The van der Waals surface area contributed by atoms with Crippen LogP contribution >= 0.6 is 11.3 Å². The lowest BCUT2D eigenvalue weighted by Gasteiger charge is -2.05. The van der Waals surface area contributed by atoms with Gasteiger partial charge in [-0.25, -0.2) is 13.8 Å². The second-order valence-electron chi connectivity index (χ2n) is 6.64. The van der Waals surface area contributed by atoms with Gasteiger partial charge in [0.2, 0.25) is 0 Å². The first-order valence-electron chi connectivity index (χ1n) is 9.23. The second-order valence-corrected chi connectivity index (χ2v) is 7.72. The number of rotatable bonds is 6.